The van der Waals surface area contributed by atoms with Crippen LogP contribution in [0.3, 0.4) is 0 Å². The fourth-order valence-corrected chi connectivity index (χ4v) is 4.48. The largest absolute Gasteiger partial charge is 0.497 e. The molecule has 0 N–H and O–H groups in total. The van der Waals surface area contributed by atoms with E-state index in [1.165, 1.54) is 11.1 Å². The molecule has 0 aliphatic rings. The van der Waals surface area contributed by atoms with Crippen molar-refractivity contribution in [1.82, 2.24) is 25.2 Å². The van der Waals surface area contributed by atoms with Crippen LogP contribution in [0, 0.1) is 13.8 Å². The molecule has 28 heavy (non-hydrogen) atoms. The maximum atomic E-state index is 5.30. The van der Waals surface area contributed by atoms with E-state index in [2.05, 4.69) is 40.8 Å². The van der Waals surface area contributed by atoms with Crippen molar-refractivity contribution in [3.8, 4) is 22.0 Å². The van der Waals surface area contributed by atoms with Crippen LogP contribution in [0.15, 0.2) is 53.0 Å². The van der Waals surface area contributed by atoms with Crippen LogP contribution in [0.2, 0.25) is 0 Å². The maximum absolute atomic E-state index is 5.30. The van der Waals surface area contributed by atoms with Crippen molar-refractivity contribution in [2.75, 3.05) is 7.11 Å². The van der Waals surface area contributed by atoms with Gasteiger partial charge in [-0.3, -0.25) is 0 Å². The first-order valence-electron chi connectivity index (χ1n) is 8.72. The maximum Gasteiger partial charge on any atom is 0.214 e. The van der Waals surface area contributed by atoms with Gasteiger partial charge < -0.3 is 4.74 Å². The Morgan fingerprint density at radius 1 is 1.14 bits per heavy atom. The van der Waals surface area contributed by atoms with Gasteiger partial charge in [-0.15, -0.1) is 16.4 Å². The van der Waals surface area contributed by atoms with Crippen LogP contribution in [0.25, 0.3) is 16.3 Å². The summed E-state index contributed by atoms with van der Waals surface area (Å²) >= 11 is 3.20. The average Bonchev–Trinajstić information content (AvgIpc) is 3.38. The second-order valence-corrected chi connectivity index (χ2v) is 8.06. The Hall–Kier alpha value is -2.71. The molecule has 2 aromatic heterocycles. The van der Waals surface area contributed by atoms with E-state index < -0.39 is 0 Å². The van der Waals surface area contributed by atoms with Crippen LogP contribution in [0.1, 0.15) is 16.8 Å². The van der Waals surface area contributed by atoms with E-state index in [4.69, 9.17) is 9.72 Å². The van der Waals surface area contributed by atoms with Gasteiger partial charge in [0.2, 0.25) is 5.16 Å². The van der Waals surface area contributed by atoms with E-state index >= 15 is 0 Å². The number of hydrogen-bond donors (Lipinski definition) is 0. The molecule has 6 nitrogen and oxygen atoms in total. The molecule has 0 aliphatic carbocycles. The molecule has 2 aromatic carbocycles. The fraction of sp³-hybridized carbons (Fsp3) is 0.200. The Labute approximate surface area is 171 Å². The molecule has 0 aliphatic heterocycles. The Kier molecular flexibility index (Phi) is 5.40. The van der Waals surface area contributed by atoms with E-state index in [0.717, 1.165) is 32.9 Å². The molecule has 0 radical (unpaired) electrons. The molecule has 0 saturated heterocycles. The van der Waals surface area contributed by atoms with Gasteiger partial charge >= 0.3 is 0 Å². The van der Waals surface area contributed by atoms with Crippen molar-refractivity contribution in [2.24, 2.45) is 0 Å². The van der Waals surface area contributed by atoms with Crippen molar-refractivity contribution in [2.45, 2.75) is 24.8 Å². The monoisotopic (exact) mass is 409 g/mol. The van der Waals surface area contributed by atoms with Gasteiger partial charge in [-0.25, -0.2) is 4.98 Å². The van der Waals surface area contributed by atoms with E-state index in [1.54, 1.807) is 34.9 Å². The van der Waals surface area contributed by atoms with Gasteiger partial charge in [0.25, 0.3) is 0 Å². The average molecular weight is 410 g/mol. The predicted octanol–water partition coefficient (Wildman–Crippen LogP) is 4.70. The molecule has 142 valence electrons. The number of aryl methyl sites for hydroxylation is 1. The highest BCUT2D eigenvalue weighted by molar-refractivity contribution is 7.98. The molecular formula is C20H19N5OS2. The smallest absolute Gasteiger partial charge is 0.214 e. The minimum absolute atomic E-state index is 0.700. The van der Waals surface area contributed by atoms with Crippen LogP contribution in [-0.4, -0.2) is 32.3 Å². The second-order valence-electron chi connectivity index (χ2n) is 6.26. The molecular weight excluding hydrogens is 390 g/mol. The summed E-state index contributed by atoms with van der Waals surface area (Å²) in [6, 6.07) is 14.1. The Morgan fingerprint density at radius 2 is 2.00 bits per heavy atom. The molecule has 0 spiro atoms. The van der Waals surface area contributed by atoms with Gasteiger partial charge in [0.05, 0.1) is 18.5 Å². The third-order valence-electron chi connectivity index (χ3n) is 4.46. The topological polar surface area (TPSA) is 65.7 Å². The summed E-state index contributed by atoms with van der Waals surface area (Å²) in [6.45, 7) is 4.17. The van der Waals surface area contributed by atoms with Crippen LogP contribution in [0.5, 0.6) is 5.75 Å². The zero-order chi connectivity index (χ0) is 19.5. The summed E-state index contributed by atoms with van der Waals surface area (Å²) < 4.78 is 7.09. The van der Waals surface area contributed by atoms with Crippen LogP contribution in [-0.2, 0) is 5.75 Å². The Morgan fingerprint density at radius 3 is 2.86 bits per heavy atom. The van der Waals surface area contributed by atoms with Crippen molar-refractivity contribution < 1.29 is 4.74 Å². The number of benzene rings is 2. The van der Waals surface area contributed by atoms with Gasteiger partial charge in [0, 0.05) is 16.7 Å². The number of thioether (sulfide) groups is 1. The van der Waals surface area contributed by atoms with E-state index in [1.807, 2.05) is 36.4 Å². The first-order valence-corrected chi connectivity index (χ1v) is 10.6. The molecule has 0 amide bonds. The minimum atomic E-state index is 0.700. The SMILES string of the molecule is COc1cccc(-c2nc(CSc3nnnn3-c3cccc(C)c3C)cs2)c1. The summed E-state index contributed by atoms with van der Waals surface area (Å²) in [4.78, 5) is 4.75. The Balaban J connectivity index is 1.51. The standard InChI is InChI=1S/C20H19N5OS2/c1-13-6-4-9-18(14(13)2)25-20(22-23-24-25)28-12-16-11-27-19(21-16)15-7-5-8-17(10-15)26-3/h4-11H,12H2,1-3H3. The van der Waals surface area contributed by atoms with Gasteiger partial charge in [0.15, 0.2) is 0 Å². The van der Waals surface area contributed by atoms with Crippen molar-refractivity contribution in [3.05, 3.63) is 64.7 Å². The zero-order valence-corrected chi connectivity index (χ0v) is 17.4. The van der Waals surface area contributed by atoms with Crippen molar-refractivity contribution >= 4 is 23.1 Å². The fourth-order valence-electron chi connectivity index (χ4n) is 2.79. The third kappa shape index (κ3) is 3.79. The second kappa shape index (κ2) is 8.12. The number of ether oxygens (including phenoxy) is 1. The normalized spacial score (nSPS) is 11.0. The minimum Gasteiger partial charge on any atom is -0.497 e. The molecule has 0 atom stereocenters. The first-order chi connectivity index (χ1) is 13.7. The highest BCUT2D eigenvalue weighted by atomic mass is 32.2. The molecule has 8 heteroatoms. The predicted molar refractivity (Wildman–Crippen MR) is 112 cm³/mol. The Bertz CT molecular complexity index is 1110. The lowest BCUT2D eigenvalue weighted by Crippen LogP contribution is -2.02. The molecule has 0 fully saturated rings. The highest BCUT2D eigenvalue weighted by Gasteiger charge is 2.13. The lowest BCUT2D eigenvalue weighted by molar-refractivity contribution is 0.415. The molecule has 0 saturated carbocycles. The summed E-state index contributed by atoms with van der Waals surface area (Å²) in [5, 5.41) is 16.0. The van der Waals surface area contributed by atoms with E-state index in [9.17, 15) is 0 Å². The van der Waals surface area contributed by atoms with Gasteiger partial charge in [-0.05, 0) is 53.6 Å². The van der Waals surface area contributed by atoms with Crippen LogP contribution < -0.4 is 4.74 Å². The van der Waals surface area contributed by atoms with E-state index in [-0.39, 0.29) is 0 Å². The summed E-state index contributed by atoms with van der Waals surface area (Å²) in [5.74, 6) is 1.53. The number of methoxy groups -OCH3 is 1. The number of hydrogen-bond acceptors (Lipinski definition) is 7. The van der Waals surface area contributed by atoms with Gasteiger partial charge in [-0.2, -0.15) is 4.68 Å². The zero-order valence-electron chi connectivity index (χ0n) is 15.8. The van der Waals surface area contributed by atoms with Crippen LogP contribution >= 0.6 is 23.1 Å². The third-order valence-corrected chi connectivity index (χ3v) is 6.36. The molecule has 0 bridgehead atoms. The highest BCUT2D eigenvalue weighted by Crippen LogP contribution is 2.30. The number of nitrogens with zero attached hydrogens (tertiary/aromatic N) is 5. The molecule has 4 rings (SSSR count). The van der Waals surface area contributed by atoms with Crippen LogP contribution in [0.4, 0.5) is 0 Å². The van der Waals surface area contributed by atoms with E-state index in [0.29, 0.717) is 5.75 Å². The summed E-state index contributed by atoms with van der Waals surface area (Å²) in [7, 11) is 1.67. The van der Waals surface area contributed by atoms with Crippen molar-refractivity contribution in [1.29, 1.82) is 0 Å². The number of aromatic nitrogens is 5. The van der Waals surface area contributed by atoms with Gasteiger partial charge in [-0.1, -0.05) is 36.0 Å². The lowest BCUT2D eigenvalue weighted by atomic mass is 10.1. The summed E-state index contributed by atoms with van der Waals surface area (Å²) in [5.41, 5.74) is 5.45. The number of tetrazole rings is 1. The molecule has 4 aromatic rings. The van der Waals surface area contributed by atoms with Crippen molar-refractivity contribution in [3.63, 3.8) is 0 Å². The lowest BCUT2D eigenvalue weighted by Gasteiger charge is -2.09. The quantitative estimate of drug-likeness (QED) is 0.430. The van der Waals surface area contributed by atoms with Gasteiger partial charge in [0.1, 0.15) is 10.8 Å². The molecule has 0 unspecified atom stereocenters. The number of rotatable bonds is 6. The summed E-state index contributed by atoms with van der Waals surface area (Å²) in [6.07, 6.45) is 0. The molecule has 2 heterocycles. The number of thiazole rings is 1. The first kappa shape index (κ1) is 18.6.